The molecule has 4 heterocycles. The molecule has 7 nitrogen and oxygen atoms in total. The average Bonchev–Trinajstić information content (AvgIpc) is 3.72. The maximum Gasteiger partial charge on any atom is 0.254 e. The first-order valence-corrected chi connectivity index (χ1v) is 16.6. The molecule has 2 aromatic rings. The quantitative estimate of drug-likeness (QED) is 0.360. The van der Waals surface area contributed by atoms with Crippen LogP contribution in [0.5, 0.6) is 0 Å². The Balaban J connectivity index is 0.000000197. The van der Waals surface area contributed by atoms with Crippen LogP contribution >= 0.6 is 31.9 Å². The fourth-order valence-electron chi connectivity index (χ4n) is 5.76. The van der Waals surface area contributed by atoms with Gasteiger partial charge in [0.15, 0.2) is 0 Å². The molecule has 2 saturated heterocycles. The maximum absolute atomic E-state index is 12.5. The lowest BCUT2D eigenvalue weighted by atomic mass is 9.99. The lowest BCUT2D eigenvalue weighted by Crippen LogP contribution is -2.39. The second-order valence-corrected chi connectivity index (χ2v) is 12.8. The van der Waals surface area contributed by atoms with Crippen molar-refractivity contribution >= 4 is 50.0 Å². The van der Waals surface area contributed by atoms with E-state index in [-0.39, 0.29) is 19.2 Å². The molecule has 0 aromatic heterocycles. The topological polar surface area (TPSA) is 73.0 Å². The van der Waals surface area contributed by atoms with E-state index in [0.29, 0.717) is 19.5 Å². The number of fused-ring (bicyclic) bond motifs is 2. The zero-order valence-corrected chi connectivity index (χ0v) is 27.1. The standard InChI is InChI=1S/C16H21BrN2O.C12H12BrNO2.C4H9N.CH4/c17-14-4-5-15-13(12-14)6-11-19(16(15)20)10-3-9-18-7-1-2-8-18;13-10-2-3-11-9(8-10)4-6-14(12(11)16)5-1-7-15;1-2-4-5-3-1;/h4-5,12H,1-3,6-11H2;2-3,7-8H,1,4-6H2;5H,1-4H2;1H4. The summed E-state index contributed by atoms with van der Waals surface area (Å²) in [4.78, 5) is 41.1. The Morgan fingerprint density at radius 1 is 0.714 bits per heavy atom. The third-order valence-electron chi connectivity index (χ3n) is 8.05. The van der Waals surface area contributed by atoms with E-state index in [0.717, 1.165) is 70.8 Å². The number of hydrogen-bond donors (Lipinski definition) is 1. The Hall–Kier alpha value is -2.07. The van der Waals surface area contributed by atoms with Crippen LogP contribution in [-0.2, 0) is 17.6 Å². The number of hydrogen-bond acceptors (Lipinski definition) is 5. The summed E-state index contributed by atoms with van der Waals surface area (Å²) < 4.78 is 2.06. The third kappa shape index (κ3) is 10.00. The minimum Gasteiger partial charge on any atom is -0.338 e. The van der Waals surface area contributed by atoms with Gasteiger partial charge in [-0.05, 0) is 125 Å². The van der Waals surface area contributed by atoms with Crippen LogP contribution in [0.25, 0.3) is 0 Å². The number of benzene rings is 2. The van der Waals surface area contributed by atoms with Crippen molar-refractivity contribution in [3.05, 3.63) is 67.6 Å². The summed E-state index contributed by atoms with van der Waals surface area (Å²) >= 11 is 6.87. The van der Waals surface area contributed by atoms with Crippen LogP contribution in [0.2, 0.25) is 0 Å². The predicted octanol–water partition coefficient (Wildman–Crippen LogP) is 5.98. The van der Waals surface area contributed by atoms with Crippen LogP contribution in [0.4, 0.5) is 0 Å². The van der Waals surface area contributed by atoms with Crippen LogP contribution < -0.4 is 5.32 Å². The smallest absolute Gasteiger partial charge is 0.254 e. The first-order valence-electron chi connectivity index (χ1n) is 15.0. The molecule has 4 aliphatic heterocycles. The van der Waals surface area contributed by atoms with E-state index in [4.69, 9.17) is 0 Å². The van der Waals surface area contributed by atoms with Gasteiger partial charge in [-0.3, -0.25) is 9.59 Å². The molecule has 0 saturated carbocycles. The van der Waals surface area contributed by atoms with E-state index in [1.54, 1.807) is 4.90 Å². The highest BCUT2D eigenvalue weighted by molar-refractivity contribution is 9.10. The number of aldehydes is 1. The van der Waals surface area contributed by atoms with Crippen molar-refractivity contribution in [2.45, 2.75) is 58.8 Å². The van der Waals surface area contributed by atoms with Gasteiger partial charge in [0.25, 0.3) is 11.8 Å². The molecule has 9 heteroatoms. The summed E-state index contributed by atoms with van der Waals surface area (Å²) in [5.41, 5.74) is 3.92. The second kappa shape index (κ2) is 17.9. The molecule has 2 aromatic carbocycles. The van der Waals surface area contributed by atoms with E-state index in [9.17, 15) is 14.4 Å². The Kier molecular flexibility index (Phi) is 14.7. The molecule has 0 atom stereocenters. The number of carbonyl (C=O) groups is 3. The van der Waals surface area contributed by atoms with E-state index in [2.05, 4.69) is 48.1 Å². The Labute approximate surface area is 268 Å². The average molecular weight is 707 g/mol. The van der Waals surface area contributed by atoms with Crippen molar-refractivity contribution in [1.82, 2.24) is 20.0 Å². The van der Waals surface area contributed by atoms with Gasteiger partial charge in [-0.15, -0.1) is 0 Å². The molecule has 2 amide bonds. The van der Waals surface area contributed by atoms with Crippen molar-refractivity contribution in [3.63, 3.8) is 0 Å². The van der Waals surface area contributed by atoms with Crippen molar-refractivity contribution in [3.8, 4) is 0 Å². The van der Waals surface area contributed by atoms with E-state index >= 15 is 0 Å². The third-order valence-corrected chi connectivity index (χ3v) is 9.03. The fourth-order valence-corrected chi connectivity index (χ4v) is 6.58. The molecule has 0 unspecified atom stereocenters. The highest BCUT2D eigenvalue weighted by Crippen LogP contribution is 2.24. The molecule has 0 radical (unpaired) electrons. The van der Waals surface area contributed by atoms with Gasteiger partial charge in [-0.2, -0.15) is 0 Å². The minimum atomic E-state index is 0. The normalized spacial score (nSPS) is 17.8. The van der Waals surface area contributed by atoms with E-state index in [1.807, 2.05) is 35.2 Å². The summed E-state index contributed by atoms with van der Waals surface area (Å²) in [5.74, 6) is 0.246. The maximum atomic E-state index is 12.5. The van der Waals surface area contributed by atoms with E-state index < -0.39 is 0 Å². The van der Waals surface area contributed by atoms with Crippen LogP contribution in [0.15, 0.2) is 45.3 Å². The highest BCUT2D eigenvalue weighted by atomic mass is 79.9. The fraction of sp³-hybridized carbons (Fsp3) is 0.545. The highest BCUT2D eigenvalue weighted by Gasteiger charge is 2.25. The molecule has 0 aliphatic carbocycles. The SMILES string of the molecule is C.C1CCNC1.O=C1c2ccc(Br)cc2CCN1CCCN1CCCC1.O=CCCN1CCc2cc(Br)ccc2C1=O. The van der Waals surface area contributed by atoms with Crippen LogP contribution in [0, 0.1) is 0 Å². The summed E-state index contributed by atoms with van der Waals surface area (Å²) in [6.45, 7) is 9.10. The van der Waals surface area contributed by atoms with Gasteiger partial charge in [-0.25, -0.2) is 0 Å². The van der Waals surface area contributed by atoms with Crippen LogP contribution in [0.3, 0.4) is 0 Å². The molecule has 2 fully saturated rings. The van der Waals surface area contributed by atoms with Gasteiger partial charge in [0.05, 0.1) is 0 Å². The van der Waals surface area contributed by atoms with Gasteiger partial charge in [-0.1, -0.05) is 39.3 Å². The lowest BCUT2D eigenvalue weighted by Gasteiger charge is -2.29. The predicted molar refractivity (Wildman–Crippen MR) is 177 cm³/mol. The van der Waals surface area contributed by atoms with Gasteiger partial charge in [0.2, 0.25) is 0 Å². The van der Waals surface area contributed by atoms with Gasteiger partial charge >= 0.3 is 0 Å². The van der Waals surface area contributed by atoms with Crippen LogP contribution in [-0.4, -0.2) is 91.7 Å². The summed E-state index contributed by atoms with van der Waals surface area (Å²) in [6, 6.07) is 11.7. The number of carbonyl (C=O) groups excluding carboxylic acids is 3. The Morgan fingerprint density at radius 2 is 1.24 bits per heavy atom. The number of amides is 2. The molecular formula is C33H46Br2N4O3. The summed E-state index contributed by atoms with van der Waals surface area (Å²) in [6.07, 6.45) is 9.65. The Bertz CT molecular complexity index is 1170. The van der Waals surface area contributed by atoms with Crippen molar-refractivity contribution in [2.75, 3.05) is 58.9 Å². The molecule has 42 heavy (non-hydrogen) atoms. The Morgan fingerprint density at radius 3 is 1.71 bits per heavy atom. The number of rotatable bonds is 7. The number of nitrogens with one attached hydrogen (secondary N) is 1. The van der Waals surface area contributed by atoms with Gasteiger partial charge in [0, 0.05) is 52.7 Å². The lowest BCUT2D eigenvalue weighted by molar-refractivity contribution is -0.108. The van der Waals surface area contributed by atoms with Gasteiger partial charge in [0.1, 0.15) is 6.29 Å². The summed E-state index contributed by atoms with van der Waals surface area (Å²) in [7, 11) is 0. The second-order valence-electron chi connectivity index (χ2n) is 11.0. The van der Waals surface area contributed by atoms with Crippen molar-refractivity contribution in [1.29, 1.82) is 0 Å². The summed E-state index contributed by atoms with van der Waals surface area (Å²) in [5, 5.41) is 3.22. The largest absolute Gasteiger partial charge is 0.338 e. The molecule has 6 rings (SSSR count). The van der Waals surface area contributed by atoms with Gasteiger partial charge < -0.3 is 24.8 Å². The molecule has 230 valence electrons. The van der Waals surface area contributed by atoms with Crippen molar-refractivity contribution < 1.29 is 14.4 Å². The molecule has 4 aliphatic rings. The number of halogens is 2. The zero-order valence-electron chi connectivity index (χ0n) is 23.9. The van der Waals surface area contributed by atoms with Crippen molar-refractivity contribution in [2.24, 2.45) is 0 Å². The number of nitrogens with zero attached hydrogens (tertiary/aromatic N) is 3. The zero-order chi connectivity index (χ0) is 29.0. The first-order chi connectivity index (χ1) is 20.0. The molecular weight excluding hydrogens is 660 g/mol. The van der Waals surface area contributed by atoms with E-state index in [1.165, 1.54) is 57.4 Å². The first kappa shape index (κ1) is 34.4. The monoisotopic (exact) mass is 704 g/mol. The molecule has 0 bridgehead atoms. The molecule has 1 N–H and O–H groups in total. The molecule has 0 spiro atoms. The minimum absolute atomic E-state index is 0. The number of likely N-dealkylation sites (tertiary alicyclic amines) is 1. The van der Waals surface area contributed by atoms with Crippen LogP contribution in [0.1, 0.15) is 77.8 Å².